The van der Waals surface area contributed by atoms with Gasteiger partial charge in [0.15, 0.2) is 5.82 Å². The number of carbonyl (C=O) groups is 1. The van der Waals surface area contributed by atoms with Crippen LogP contribution in [0.15, 0.2) is 36.5 Å². The highest BCUT2D eigenvalue weighted by Gasteiger charge is 2.18. The molecule has 2 aromatic rings. The number of aromatic nitrogens is 1. The Morgan fingerprint density at radius 2 is 1.88 bits per heavy atom. The van der Waals surface area contributed by atoms with E-state index in [-0.39, 0.29) is 22.8 Å². The Kier molecular flexibility index (Phi) is 5.22. The van der Waals surface area contributed by atoms with Gasteiger partial charge in [-0.2, -0.15) is 0 Å². The first-order valence-electron chi connectivity index (χ1n) is 7.90. The summed E-state index contributed by atoms with van der Waals surface area (Å²) in [5.41, 5.74) is 1.46. The summed E-state index contributed by atoms with van der Waals surface area (Å²) in [4.78, 5) is 17.1. The number of rotatable bonds is 5. The molecule has 1 amide bonds. The van der Waals surface area contributed by atoms with Crippen LogP contribution >= 0.6 is 0 Å². The van der Waals surface area contributed by atoms with Crippen LogP contribution in [0.2, 0.25) is 0 Å². The summed E-state index contributed by atoms with van der Waals surface area (Å²) in [7, 11) is 3.20. The van der Waals surface area contributed by atoms with Crippen molar-refractivity contribution in [3.05, 3.63) is 53.5 Å². The van der Waals surface area contributed by atoms with Gasteiger partial charge >= 0.3 is 0 Å². The van der Waals surface area contributed by atoms with Crippen LogP contribution in [0, 0.1) is 5.82 Å². The molecular weight excluding hydrogens is 307 g/mol. The molecule has 0 radical (unpaired) electrons. The summed E-state index contributed by atoms with van der Waals surface area (Å²) in [6.07, 6.45) is 2.33. The van der Waals surface area contributed by atoms with E-state index in [1.807, 2.05) is 12.1 Å². The number of benzene rings is 1. The van der Waals surface area contributed by atoms with Crippen molar-refractivity contribution in [2.75, 3.05) is 14.1 Å². The van der Waals surface area contributed by atoms with E-state index < -0.39 is 5.82 Å². The van der Waals surface area contributed by atoms with Crippen LogP contribution < -0.4 is 4.74 Å². The van der Waals surface area contributed by atoms with Gasteiger partial charge in [-0.1, -0.05) is 32.9 Å². The third kappa shape index (κ3) is 3.91. The second kappa shape index (κ2) is 6.99. The third-order valence-corrected chi connectivity index (χ3v) is 4.19. The number of carbonyl (C=O) groups excluding carboxylic acids is 1. The first-order valence-corrected chi connectivity index (χ1v) is 7.90. The maximum atomic E-state index is 14.1. The molecule has 0 saturated heterocycles. The Morgan fingerprint density at radius 1 is 1.25 bits per heavy atom. The highest BCUT2D eigenvalue weighted by Crippen LogP contribution is 2.29. The van der Waals surface area contributed by atoms with Crippen LogP contribution in [0.1, 0.15) is 43.1 Å². The van der Waals surface area contributed by atoms with Crippen LogP contribution in [0.3, 0.4) is 0 Å². The van der Waals surface area contributed by atoms with E-state index in [0.717, 1.165) is 12.5 Å². The minimum atomic E-state index is -0.666. The van der Waals surface area contributed by atoms with Gasteiger partial charge in [0, 0.05) is 20.3 Å². The summed E-state index contributed by atoms with van der Waals surface area (Å²) in [5, 5.41) is 0. The van der Waals surface area contributed by atoms with E-state index in [1.165, 1.54) is 16.7 Å². The predicted octanol–water partition coefficient (Wildman–Crippen LogP) is 4.40. The molecule has 1 aromatic heterocycles. The average Bonchev–Trinajstić information content (AvgIpc) is 2.56. The van der Waals surface area contributed by atoms with E-state index in [1.54, 1.807) is 26.2 Å². The van der Waals surface area contributed by atoms with Gasteiger partial charge in [0.1, 0.15) is 5.75 Å². The normalized spacial score (nSPS) is 11.2. The number of ether oxygens (including phenoxy) is 1. The van der Waals surface area contributed by atoms with Crippen molar-refractivity contribution in [2.24, 2.45) is 0 Å². The molecule has 1 heterocycles. The molecule has 24 heavy (non-hydrogen) atoms. The second-order valence-corrected chi connectivity index (χ2v) is 6.57. The molecule has 0 aliphatic rings. The van der Waals surface area contributed by atoms with E-state index in [0.29, 0.717) is 5.75 Å². The number of pyridine rings is 1. The van der Waals surface area contributed by atoms with Crippen molar-refractivity contribution in [3.8, 4) is 11.6 Å². The lowest BCUT2D eigenvalue weighted by Crippen LogP contribution is -2.22. The molecule has 0 N–H and O–H groups in total. The summed E-state index contributed by atoms with van der Waals surface area (Å²) in [5.74, 6) is -0.615. The fourth-order valence-electron chi connectivity index (χ4n) is 2.17. The van der Waals surface area contributed by atoms with E-state index in [4.69, 9.17) is 4.74 Å². The molecule has 0 aliphatic carbocycles. The molecule has 0 atom stereocenters. The van der Waals surface area contributed by atoms with Crippen molar-refractivity contribution >= 4 is 5.91 Å². The highest BCUT2D eigenvalue weighted by atomic mass is 19.1. The zero-order valence-corrected chi connectivity index (χ0v) is 14.8. The Hall–Kier alpha value is -2.43. The first-order chi connectivity index (χ1) is 11.2. The summed E-state index contributed by atoms with van der Waals surface area (Å²) >= 11 is 0. The van der Waals surface area contributed by atoms with Gasteiger partial charge in [-0.3, -0.25) is 4.79 Å². The topological polar surface area (TPSA) is 42.4 Å². The molecule has 0 saturated carbocycles. The van der Waals surface area contributed by atoms with Crippen LogP contribution in [0.5, 0.6) is 11.6 Å². The monoisotopic (exact) mass is 330 g/mol. The van der Waals surface area contributed by atoms with Gasteiger partial charge in [0.05, 0.1) is 5.56 Å². The van der Waals surface area contributed by atoms with Crippen LogP contribution in [-0.2, 0) is 5.41 Å². The first kappa shape index (κ1) is 17.9. The van der Waals surface area contributed by atoms with Gasteiger partial charge in [-0.15, -0.1) is 0 Å². The Bertz CT molecular complexity index is 725. The SMILES string of the molecule is CCC(C)(C)c1ccc(Oc2ncc(C(=O)N(C)C)cc2F)cc1. The van der Waals surface area contributed by atoms with Crippen molar-refractivity contribution in [1.29, 1.82) is 0 Å². The van der Waals surface area contributed by atoms with Gasteiger partial charge < -0.3 is 9.64 Å². The average molecular weight is 330 g/mol. The number of hydrogen-bond acceptors (Lipinski definition) is 3. The smallest absolute Gasteiger partial charge is 0.255 e. The minimum absolute atomic E-state index is 0.0796. The second-order valence-electron chi connectivity index (χ2n) is 6.57. The van der Waals surface area contributed by atoms with Gasteiger partial charge in [0.2, 0.25) is 0 Å². The molecule has 2 rings (SSSR count). The molecule has 0 bridgehead atoms. The molecule has 0 fully saturated rings. The van der Waals surface area contributed by atoms with Gasteiger partial charge in [0.25, 0.3) is 11.8 Å². The number of hydrogen-bond donors (Lipinski definition) is 0. The van der Waals surface area contributed by atoms with Crippen LogP contribution in [0.4, 0.5) is 4.39 Å². The number of halogens is 1. The fourth-order valence-corrected chi connectivity index (χ4v) is 2.17. The standard InChI is InChI=1S/C19H23FN2O2/c1-6-19(2,3)14-7-9-15(10-8-14)24-17-16(20)11-13(12-21-17)18(23)22(4)5/h7-12H,6H2,1-5H3. The molecule has 0 unspecified atom stereocenters. The van der Waals surface area contributed by atoms with Crippen molar-refractivity contribution < 1.29 is 13.9 Å². The van der Waals surface area contributed by atoms with Gasteiger partial charge in [-0.05, 0) is 35.6 Å². The van der Waals surface area contributed by atoms with E-state index in [2.05, 4.69) is 25.8 Å². The number of amides is 1. The molecular formula is C19H23FN2O2. The van der Waals surface area contributed by atoms with E-state index in [9.17, 15) is 9.18 Å². The van der Waals surface area contributed by atoms with Crippen molar-refractivity contribution in [1.82, 2.24) is 9.88 Å². The molecule has 1 aromatic carbocycles. The lowest BCUT2D eigenvalue weighted by molar-refractivity contribution is 0.0826. The maximum Gasteiger partial charge on any atom is 0.255 e. The quantitative estimate of drug-likeness (QED) is 0.816. The van der Waals surface area contributed by atoms with Crippen molar-refractivity contribution in [2.45, 2.75) is 32.6 Å². The zero-order valence-electron chi connectivity index (χ0n) is 14.8. The summed E-state index contributed by atoms with van der Waals surface area (Å²) < 4.78 is 19.6. The molecule has 5 heteroatoms. The summed E-state index contributed by atoms with van der Waals surface area (Å²) in [6, 6.07) is 8.68. The minimum Gasteiger partial charge on any atom is -0.436 e. The molecule has 0 aliphatic heterocycles. The Balaban J connectivity index is 2.18. The van der Waals surface area contributed by atoms with Crippen molar-refractivity contribution in [3.63, 3.8) is 0 Å². The maximum absolute atomic E-state index is 14.1. The Labute approximate surface area is 142 Å². The summed E-state index contributed by atoms with van der Waals surface area (Å²) in [6.45, 7) is 6.48. The number of nitrogens with zero attached hydrogens (tertiary/aromatic N) is 2. The lowest BCUT2D eigenvalue weighted by Gasteiger charge is -2.23. The third-order valence-electron chi connectivity index (χ3n) is 4.19. The molecule has 128 valence electrons. The largest absolute Gasteiger partial charge is 0.436 e. The van der Waals surface area contributed by atoms with E-state index >= 15 is 0 Å². The van der Waals surface area contributed by atoms with Crippen LogP contribution in [0.25, 0.3) is 0 Å². The van der Waals surface area contributed by atoms with Crippen LogP contribution in [-0.4, -0.2) is 29.9 Å². The zero-order chi connectivity index (χ0) is 17.9. The predicted molar refractivity (Wildman–Crippen MR) is 92.0 cm³/mol. The van der Waals surface area contributed by atoms with Gasteiger partial charge in [-0.25, -0.2) is 9.37 Å². The Morgan fingerprint density at radius 3 is 2.38 bits per heavy atom. The molecule has 0 spiro atoms. The molecule has 4 nitrogen and oxygen atoms in total. The highest BCUT2D eigenvalue weighted by molar-refractivity contribution is 5.93. The fraction of sp³-hybridized carbons (Fsp3) is 0.368. The lowest BCUT2D eigenvalue weighted by atomic mass is 9.82.